The Morgan fingerprint density at radius 1 is 1.12 bits per heavy atom. The Morgan fingerprint density at radius 2 is 1.79 bits per heavy atom. The first-order valence-corrected chi connectivity index (χ1v) is 7.84. The van der Waals surface area contributed by atoms with E-state index in [-0.39, 0.29) is 17.7 Å². The van der Waals surface area contributed by atoms with Crippen LogP contribution in [0, 0.1) is 0 Å². The van der Waals surface area contributed by atoms with E-state index in [1.165, 1.54) is 6.07 Å². The number of aryl methyl sites for hydroxylation is 1. The maximum absolute atomic E-state index is 11.6. The van der Waals surface area contributed by atoms with Gasteiger partial charge in [-0.05, 0) is 42.5 Å². The number of aliphatic hydroxyl groups is 1. The molecule has 0 saturated heterocycles. The van der Waals surface area contributed by atoms with Gasteiger partial charge in [-0.3, -0.25) is 0 Å². The molecule has 4 nitrogen and oxygen atoms in total. The standard InChI is InChI=1S/C20H22O4/c1-13(2)18(22)12-15-9-11-17(21)19(20(23)24)16(15)10-8-14-6-4-3-5-7-14/h3-7,9,11,18,21-22H,1,8,10,12H2,2H3,(H,23,24). The van der Waals surface area contributed by atoms with Crippen LogP contribution in [0.25, 0.3) is 0 Å². The molecule has 126 valence electrons. The van der Waals surface area contributed by atoms with Crippen LogP contribution in [0.4, 0.5) is 0 Å². The van der Waals surface area contributed by atoms with Crippen LogP contribution < -0.4 is 0 Å². The number of aromatic hydroxyl groups is 1. The molecular weight excluding hydrogens is 304 g/mol. The molecule has 0 aliphatic rings. The highest BCUT2D eigenvalue weighted by molar-refractivity contribution is 5.93. The summed E-state index contributed by atoms with van der Waals surface area (Å²) in [5.41, 5.74) is 2.90. The Kier molecular flexibility index (Phi) is 5.77. The molecule has 0 aromatic heterocycles. The molecule has 0 heterocycles. The van der Waals surface area contributed by atoms with Gasteiger partial charge in [0.05, 0.1) is 6.10 Å². The fourth-order valence-electron chi connectivity index (χ4n) is 2.69. The van der Waals surface area contributed by atoms with Gasteiger partial charge in [0.2, 0.25) is 0 Å². The van der Waals surface area contributed by atoms with Crippen molar-refractivity contribution in [2.45, 2.75) is 32.3 Å². The number of aliphatic hydroxyl groups excluding tert-OH is 1. The zero-order valence-corrected chi connectivity index (χ0v) is 13.7. The molecule has 2 aromatic carbocycles. The van der Waals surface area contributed by atoms with Crippen LogP contribution in [0.5, 0.6) is 5.75 Å². The number of benzene rings is 2. The second-order valence-corrected chi connectivity index (χ2v) is 5.95. The smallest absolute Gasteiger partial charge is 0.339 e. The van der Waals surface area contributed by atoms with Crippen LogP contribution in [-0.2, 0) is 19.3 Å². The zero-order valence-electron chi connectivity index (χ0n) is 13.7. The largest absolute Gasteiger partial charge is 0.507 e. The Bertz CT molecular complexity index is 735. The highest BCUT2D eigenvalue weighted by Crippen LogP contribution is 2.28. The number of phenols is 1. The van der Waals surface area contributed by atoms with Gasteiger partial charge in [-0.1, -0.05) is 48.6 Å². The summed E-state index contributed by atoms with van der Waals surface area (Å²) in [5.74, 6) is -1.42. The number of carbonyl (C=O) groups is 1. The maximum atomic E-state index is 11.6. The average molecular weight is 326 g/mol. The van der Waals surface area contributed by atoms with Gasteiger partial charge in [-0.25, -0.2) is 4.79 Å². The third-order valence-corrected chi connectivity index (χ3v) is 4.09. The second-order valence-electron chi connectivity index (χ2n) is 5.95. The van der Waals surface area contributed by atoms with Gasteiger partial charge >= 0.3 is 5.97 Å². The molecule has 1 atom stereocenters. The van der Waals surface area contributed by atoms with Crippen molar-refractivity contribution in [2.24, 2.45) is 0 Å². The van der Waals surface area contributed by atoms with Gasteiger partial charge in [0.15, 0.2) is 0 Å². The van der Waals surface area contributed by atoms with E-state index in [1.54, 1.807) is 13.0 Å². The summed E-state index contributed by atoms with van der Waals surface area (Å²) in [6, 6.07) is 12.8. The molecule has 2 rings (SSSR count). The van der Waals surface area contributed by atoms with E-state index in [0.29, 0.717) is 24.0 Å². The molecule has 0 amide bonds. The van der Waals surface area contributed by atoms with Crippen molar-refractivity contribution in [3.05, 3.63) is 76.9 Å². The monoisotopic (exact) mass is 326 g/mol. The Balaban J connectivity index is 2.38. The first-order chi connectivity index (χ1) is 11.4. The molecule has 0 fully saturated rings. The molecule has 24 heavy (non-hydrogen) atoms. The van der Waals surface area contributed by atoms with Crippen LogP contribution in [0.3, 0.4) is 0 Å². The summed E-state index contributed by atoms with van der Waals surface area (Å²) in [6.45, 7) is 5.46. The summed E-state index contributed by atoms with van der Waals surface area (Å²) in [7, 11) is 0. The molecule has 0 radical (unpaired) electrons. The minimum atomic E-state index is -1.16. The molecule has 2 aromatic rings. The van der Waals surface area contributed by atoms with E-state index in [2.05, 4.69) is 6.58 Å². The lowest BCUT2D eigenvalue weighted by Gasteiger charge is -2.17. The summed E-state index contributed by atoms with van der Waals surface area (Å²) < 4.78 is 0. The van der Waals surface area contributed by atoms with E-state index in [4.69, 9.17) is 0 Å². The van der Waals surface area contributed by atoms with Crippen LogP contribution >= 0.6 is 0 Å². The first-order valence-electron chi connectivity index (χ1n) is 7.84. The van der Waals surface area contributed by atoms with Crippen molar-refractivity contribution in [2.75, 3.05) is 0 Å². The molecule has 0 bridgehead atoms. The Hall–Kier alpha value is -2.59. The van der Waals surface area contributed by atoms with Gasteiger partial charge in [0.25, 0.3) is 0 Å². The molecule has 4 heteroatoms. The minimum Gasteiger partial charge on any atom is -0.507 e. The van der Waals surface area contributed by atoms with Crippen LogP contribution in [0.15, 0.2) is 54.6 Å². The highest BCUT2D eigenvalue weighted by Gasteiger charge is 2.20. The lowest BCUT2D eigenvalue weighted by Crippen LogP contribution is -2.15. The van der Waals surface area contributed by atoms with Gasteiger partial charge in [-0.2, -0.15) is 0 Å². The molecule has 0 spiro atoms. The zero-order chi connectivity index (χ0) is 17.7. The number of hydrogen-bond acceptors (Lipinski definition) is 3. The van der Waals surface area contributed by atoms with Gasteiger partial charge in [-0.15, -0.1) is 0 Å². The molecular formula is C20H22O4. The number of aromatic carboxylic acids is 1. The predicted molar refractivity (Wildman–Crippen MR) is 93.4 cm³/mol. The van der Waals surface area contributed by atoms with Gasteiger partial charge < -0.3 is 15.3 Å². The normalized spacial score (nSPS) is 11.9. The minimum absolute atomic E-state index is 0.0858. The molecule has 3 N–H and O–H groups in total. The Morgan fingerprint density at radius 3 is 2.38 bits per heavy atom. The van der Waals surface area contributed by atoms with E-state index < -0.39 is 12.1 Å². The number of carboxylic acids is 1. The van der Waals surface area contributed by atoms with Crippen molar-refractivity contribution in [1.29, 1.82) is 0 Å². The van der Waals surface area contributed by atoms with Crippen molar-refractivity contribution in [3.63, 3.8) is 0 Å². The van der Waals surface area contributed by atoms with Crippen LogP contribution in [0.1, 0.15) is 34.0 Å². The van der Waals surface area contributed by atoms with Crippen molar-refractivity contribution in [3.8, 4) is 5.75 Å². The van der Waals surface area contributed by atoms with E-state index >= 15 is 0 Å². The quantitative estimate of drug-likeness (QED) is 0.682. The number of rotatable bonds is 7. The fraction of sp³-hybridized carbons (Fsp3) is 0.250. The molecule has 0 saturated carbocycles. The van der Waals surface area contributed by atoms with Gasteiger partial charge in [0, 0.05) is 6.42 Å². The SMILES string of the molecule is C=C(C)C(O)Cc1ccc(O)c(C(=O)O)c1CCc1ccccc1. The van der Waals surface area contributed by atoms with Crippen molar-refractivity contribution < 1.29 is 20.1 Å². The lowest BCUT2D eigenvalue weighted by molar-refractivity contribution is 0.0692. The second kappa shape index (κ2) is 7.79. The summed E-state index contributed by atoms with van der Waals surface area (Å²) in [5, 5.41) is 29.5. The summed E-state index contributed by atoms with van der Waals surface area (Å²) >= 11 is 0. The molecule has 0 aliphatic carbocycles. The van der Waals surface area contributed by atoms with E-state index in [9.17, 15) is 20.1 Å². The van der Waals surface area contributed by atoms with Crippen molar-refractivity contribution >= 4 is 5.97 Å². The number of carboxylic acid groups (broad SMARTS) is 1. The van der Waals surface area contributed by atoms with Crippen LogP contribution in [0.2, 0.25) is 0 Å². The highest BCUT2D eigenvalue weighted by atomic mass is 16.4. The third kappa shape index (κ3) is 4.24. The van der Waals surface area contributed by atoms with E-state index in [0.717, 1.165) is 11.1 Å². The topological polar surface area (TPSA) is 77.8 Å². The predicted octanol–water partition coefficient (Wildman–Crippen LogP) is 3.36. The molecule has 0 aliphatic heterocycles. The average Bonchev–Trinajstić information content (AvgIpc) is 2.55. The van der Waals surface area contributed by atoms with Crippen LogP contribution in [-0.4, -0.2) is 27.4 Å². The van der Waals surface area contributed by atoms with E-state index in [1.807, 2.05) is 30.3 Å². The maximum Gasteiger partial charge on any atom is 0.339 e. The summed E-state index contributed by atoms with van der Waals surface area (Å²) in [4.78, 5) is 11.6. The van der Waals surface area contributed by atoms with Crippen molar-refractivity contribution in [1.82, 2.24) is 0 Å². The molecule has 1 unspecified atom stereocenters. The fourth-order valence-corrected chi connectivity index (χ4v) is 2.69. The lowest BCUT2D eigenvalue weighted by atomic mass is 9.90. The first kappa shape index (κ1) is 17.8. The number of hydrogen-bond donors (Lipinski definition) is 3. The summed E-state index contributed by atoms with van der Waals surface area (Å²) in [6.07, 6.45) is 0.658. The Labute approximate surface area is 141 Å². The van der Waals surface area contributed by atoms with Gasteiger partial charge in [0.1, 0.15) is 11.3 Å². The third-order valence-electron chi connectivity index (χ3n) is 4.09.